The average Bonchev–Trinajstić information content (AvgIpc) is 2.37. The molecule has 0 unspecified atom stereocenters. The summed E-state index contributed by atoms with van der Waals surface area (Å²) < 4.78 is 43.5. The van der Waals surface area contributed by atoms with Gasteiger partial charge < -0.3 is 10.5 Å². The van der Waals surface area contributed by atoms with Crippen LogP contribution in [-0.4, -0.2) is 9.97 Å². The standard InChI is InChI=1S/C14H14F3N3O/c1-8(2)11-12(18)19-7-20-13(11)21-10-5-3-4-9(6-10)14(15,16)17/h3-8H,1-2H3,(H2,18,19,20). The molecular formula is C14H14F3N3O. The molecule has 2 N–H and O–H groups in total. The van der Waals surface area contributed by atoms with E-state index in [1.807, 2.05) is 13.8 Å². The summed E-state index contributed by atoms with van der Waals surface area (Å²) in [6.07, 6.45) is -3.21. The van der Waals surface area contributed by atoms with Gasteiger partial charge in [-0.1, -0.05) is 19.9 Å². The highest BCUT2D eigenvalue weighted by molar-refractivity contribution is 5.48. The summed E-state index contributed by atoms with van der Waals surface area (Å²) in [7, 11) is 0. The molecule has 2 aromatic rings. The molecule has 1 aromatic heterocycles. The smallest absolute Gasteiger partial charge is 0.416 e. The molecule has 1 aromatic carbocycles. The van der Waals surface area contributed by atoms with Crippen LogP contribution in [0, 0.1) is 0 Å². The number of nitrogens with two attached hydrogens (primary N) is 1. The predicted octanol–water partition coefficient (Wildman–Crippen LogP) is 3.99. The molecule has 112 valence electrons. The molecule has 0 fully saturated rings. The minimum Gasteiger partial charge on any atom is -0.439 e. The van der Waals surface area contributed by atoms with Crippen molar-refractivity contribution < 1.29 is 17.9 Å². The van der Waals surface area contributed by atoms with Gasteiger partial charge in [0.05, 0.1) is 11.1 Å². The van der Waals surface area contributed by atoms with E-state index in [0.29, 0.717) is 5.56 Å². The maximum Gasteiger partial charge on any atom is 0.416 e. The number of alkyl halides is 3. The van der Waals surface area contributed by atoms with Crippen molar-refractivity contribution in [3.8, 4) is 11.6 Å². The molecule has 2 rings (SSSR count). The van der Waals surface area contributed by atoms with Gasteiger partial charge in [0, 0.05) is 0 Å². The molecule has 7 heteroatoms. The van der Waals surface area contributed by atoms with Crippen LogP contribution in [0.25, 0.3) is 0 Å². The van der Waals surface area contributed by atoms with E-state index in [1.165, 1.54) is 18.5 Å². The highest BCUT2D eigenvalue weighted by atomic mass is 19.4. The fourth-order valence-electron chi connectivity index (χ4n) is 1.86. The number of benzene rings is 1. The zero-order chi connectivity index (χ0) is 15.6. The highest BCUT2D eigenvalue weighted by Gasteiger charge is 2.30. The monoisotopic (exact) mass is 297 g/mol. The van der Waals surface area contributed by atoms with Gasteiger partial charge in [-0.3, -0.25) is 0 Å². The van der Waals surface area contributed by atoms with Gasteiger partial charge in [-0.05, 0) is 24.1 Å². The van der Waals surface area contributed by atoms with Gasteiger partial charge in [-0.15, -0.1) is 0 Å². The first-order valence-corrected chi connectivity index (χ1v) is 6.24. The van der Waals surface area contributed by atoms with E-state index in [4.69, 9.17) is 10.5 Å². The van der Waals surface area contributed by atoms with E-state index in [0.717, 1.165) is 12.1 Å². The van der Waals surface area contributed by atoms with Crippen LogP contribution in [-0.2, 0) is 6.18 Å². The third kappa shape index (κ3) is 3.42. The van der Waals surface area contributed by atoms with Crippen LogP contribution >= 0.6 is 0 Å². The Balaban J connectivity index is 2.37. The Labute approximate surface area is 119 Å². The molecule has 0 aliphatic carbocycles. The number of anilines is 1. The van der Waals surface area contributed by atoms with Gasteiger partial charge >= 0.3 is 6.18 Å². The Kier molecular flexibility index (Phi) is 4.02. The van der Waals surface area contributed by atoms with Crippen LogP contribution in [0.5, 0.6) is 11.6 Å². The van der Waals surface area contributed by atoms with Gasteiger partial charge in [0.15, 0.2) is 0 Å². The molecule has 0 aliphatic rings. The van der Waals surface area contributed by atoms with Crippen molar-refractivity contribution in [2.24, 2.45) is 0 Å². The number of aromatic nitrogens is 2. The first-order chi connectivity index (χ1) is 9.79. The Morgan fingerprint density at radius 1 is 1.19 bits per heavy atom. The predicted molar refractivity (Wildman–Crippen MR) is 72.1 cm³/mol. The number of rotatable bonds is 3. The lowest BCUT2D eigenvalue weighted by Gasteiger charge is -2.14. The first kappa shape index (κ1) is 15.1. The summed E-state index contributed by atoms with van der Waals surface area (Å²) in [6.45, 7) is 3.74. The summed E-state index contributed by atoms with van der Waals surface area (Å²) in [6, 6.07) is 4.60. The third-order valence-corrected chi connectivity index (χ3v) is 2.83. The van der Waals surface area contributed by atoms with Gasteiger partial charge in [0.25, 0.3) is 0 Å². The molecule has 1 heterocycles. The van der Waals surface area contributed by atoms with Crippen molar-refractivity contribution in [3.63, 3.8) is 0 Å². The largest absolute Gasteiger partial charge is 0.439 e. The number of hydrogen-bond acceptors (Lipinski definition) is 4. The van der Waals surface area contributed by atoms with E-state index in [2.05, 4.69) is 9.97 Å². The topological polar surface area (TPSA) is 61.0 Å². The fourth-order valence-corrected chi connectivity index (χ4v) is 1.86. The van der Waals surface area contributed by atoms with E-state index >= 15 is 0 Å². The quantitative estimate of drug-likeness (QED) is 0.930. The minimum atomic E-state index is -4.43. The molecule has 21 heavy (non-hydrogen) atoms. The molecule has 0 amide bonds. The molecule has 0 saturated heterocycles. The molecule has 0 aliphatic heterocycles. The molecular weight excluding hydrogens is 283 g/mol. The summed E-state index contributed by atoms with van der Waals surface area (Å²) in [4.78, 5) is 7.82. The fraction of sp³-hybridized carbons (Fsp3) is 0.286. The first-order valence-electron chi connectivity index (χ1n) is 6.24. The van der Waals surface area contributed by atoms with Crippen molar-refractivity contribution in [2.75, 3.05) is 5.73 Å². The second-order valence-corrected chi connectivity index (χ2v) is 4.76. The molecule has 4 nitrogen and oxygen atoms in total. The lowest BCUT2D eigenvalue weighted by atomic mass is 10.1. The molecule has 0 atom stereocenters. The normalized spacial score (nSPS) is 11.7. The van der Waals surface area contributed by atoms with Crippen molar-refractivity contribution in [2.45, 2.75) is 25.9 Å². The highest BCUT2D eigenvalue weighted by Crippen LogP contribution is 2.35. The van der Waals surface area contributed by atoms with Crippen molar-refractivity contribution in [1.29, 1.82) is 0 Å². The van der Waals surface area contributed by atoms with Gasteiger partial charge in [-0.25, -0.2) is 9.97 Å². The van der Waals surface area contributed by atoms with Crippen molar-refractivity contribution >= 4 is 5.82 Å². The van der Waals surface area contributed by atoms with E-state index < -0.39 is 11.7 Å². The second-order valence-electron chi connectivity index (χ2n) is 4.76. The lowest BCUT2D eigenvalue weighted by Crippen LogP contribution is -2.06. The number of hydrogen-bond donors (Lipinski definition) is 1. The molecule has 0 bridgehead atoms. The summed E-state index contributed by atoms with van der Waals surface area (Å²) in [5.74, 6) is 0.440. The zero-order valence-corrected chi connectivity index (χ0v) is 11.5. The van der Waals surface area contributed by atoms with E-state index in [-0.39, 0.29) is 23.4 Å². The van der Waals surface area contributed by atoms with Crippen LogP contribution in [0.2, 0.25) is 0 Å². The average molecular weight is 297 g/mol. The molecule has 0 radical (unpaired) electrons. The maximum absolute atomic E-state index is 12.7. The third-order valence-electron chi connectivity index (χ3n) is 2.83. The van der Waals surface area contributed by atoms with Gasteiger partial charge in [0.2, 0.25) is 5.88 Å². The van der Waals surface area contributed by atoms with Crippen LogP contribution in [0.4, 0.5) is 19.0 Å². The van der Waals surface area contributed by atoms with Crippen molar-refractivity contribution in [1.82, 2.24) is 9.97 Å². The maximum atomic E-state index is 12.7. The summed E-state index contributed by atoms with van der Waals surface area (Å²) in [5, 5.41) is 0. The number of halogens is 3. The van der Waals surface area contributed by atoms with Crippen LogP contribution in [0.3, 0.4) is 0 Å². The lowest BCUT2D eigenvalue weighted by molar-refractivity contribution is -0.137. The zero-order valence-electron chi connectivity index (χ0n) is 11.5. The number of nitrogen functional groups attached to an aromatic ring is 1. The van der Waals surface area contributed by atoms with Gasteiger partial charge in [0.1, 0.15) is 17.9 Å². The summed E-state index contributed by atoms with van der Waals surface area (Å²) >= 11 is 0. The summed E-state index contributed by atoms with van der Waals surface area (Å²) in [5.41, 5.74) is 5.54. The van der Waals surface area contributed by atoms with Crippen molar-refractivity contribution in [3.05, 3.63) is 41.7 Å². The minimum absolute atomic E-state index is 0.0213. The van der Waals surface area contributed by atoms with Crippen LogP contribution in [0.15, 0.2) is 30.6 Å². The Morgan fingerprint density at radius 2 is 1.90 bits per heavy atom. The number of nitrogens with zero attached hydrogens (tertiary/aromatic N) is 2. The molecule has 0 spiro atoms. The van der Waals surface area contributed by atoms with Crippen LogP contribution < -0.4 is 10.5 Å². The van der Waals surface area contributed by atoms with Crippen LogP contribution in [0.1, 0.15) is 30.9 Å². The number of ether oxygens (including phenoxy) is 1. The Morgan fingerprint density at radius 3 is 2.52 bits per heavy atom. The second kappa shape index (κ2) is 5.59. The Hall–Kier alpha value is -2.31. The van der Waals surface area contributed by atoms with Gasteiger partial charge in [-0.2, -0.15) is 13.2 Å². The molecule has 0 saturated carbocycles. The Bertz CT molecular complexity index is 642. The SMILES string of the molecule is CC(C)c1c(N)ncnc1Oc1cccc(C(F)(F)F)c1. The van der Waals surface area contributed by atoms with E-state index in [1.54, 1.807) is 0 Å². The van der Waals surface area contributed by atoms with E-state index in [9.17, 15) is 13.2 Å².